The van der Waals surface area contributed by atoms with Gasteiger partial charge in [-0.05, 0) is 24.3 Å². The molecule has 74 valence electrons. The molecule has 1 atom stereocenters. The minimum atomic E-state index is 0.664. The molecular weight excluding hydrogens is 176 g/mol. The Hall–Kier alpha value is -1.15. The van der Waals surface area contributed by atoms with Gasteiger partial charge in [-0.2, -0.15) is 0 Å². The van der Waals surface area contributed by atoms with E-state index in [2.05, 4.69) is 0 Å². The summed E-state index contributed by atoms with van der Waals surface area (Å²) < 4.78 is 5.32. The van der Waals surface area contributed by atoms with Crippen LogP contribution < -0.4 is 0 Å². The van der Waals surface area contributed by atoms with Crippen LogP contribution in [0.2, 0.25) is 0 Å². The van der Waals surface area contributed by atoms with Crippen molar-refractivity contribution >= 4 is 6.29 Å². The molecule has 0 amide bonds. The molecule has 14 heavy (non-hydrogen) atoms. The normalized spacial score (nSPS) is 21.0. The van der Waals surface area contributed by atoms with Crippen molar-refractivity contribution in [2.45, 2.75) is 12.8 Å². The van der Waals surface area contributed by atoms with Crippen LogP contribution in [-0.4, -0.2) is 19.5 Å². The van der Waals surface area contributed by atoms with Crippen molar-refractivity contribution in [3.8, 4) is 0 Å². The van der Waals surface area contributed by atoms with E-state index in [1.807, 2.05) is 24.3 Å². The van der Waals surface area contributed by atoms with Crippen LogP contribution in [0.3, 0.4) is 0 Å². The number of hydrogen-bond donors (Lipinski definition) is 0. The van der Waals surface area contributed by atoms with Crippen molar-refractivity contribution in [1.82, 2.24) is 0 Å². The molecule has 0 spiro atoms. The van der Waals surface area contributed by atoms with Crippen LogP contribution in [0.5, 0.6) is 0 Å². The Morgan fingerprint density at radius 1 is 1.36 bits per heavy atom. The summed E-state index contributed by atoms with van der Waals surface area (Å²) in [4.78, 5) is 10.4. The highest BCUT2D eigenvalue weighted by atomic mass is 16.5. The number of carbonyl (C=O) groups excluding carboxylic acids is 1. The Bertz CT molecular complexity index is 297. The van der Waals surface area contributed by atoms with Crippen LogP contribution in [-0.2, 0) is 11.2 Å². The fraction of sp³-hybridized carbons (Fsp3) is 0.417. The molecule has 1 heterocycles. The van der Waals surface area contributed by atoms with Gasteiger partial charge in [-0.3, -0.25) is 4.79 Å². The van der Waals surface area contributed by atoms with Gasteiger partial charge in [-0.15, -0.1) is 0 Å². The van der Waals surface area contributed by atoms with Crippen LogP contribution in [0.25, 0.3) is 0 Å². The van der Waals surface area contributed by atoms with Gasteiger partial charge in [0.2, 0.25) is 0 Å². The Kier molecular flexibility index (Phi) is 2.94. The molecule has 0 saturated carbocycles. The van der Waals surface area contributed by atoms with Gasteiger partial charge in [0.05, 0.1) is 0 Å². The summed E-state index contributed by atoms with van der Waals surface area (Å²) in [6.07, 6.45) is 3.11. The second-order valence-electron chi connectivity index (χ2n) is 3.79. The molecule has 2 rings (SSSR count). The third-order valence-corrected chi connectivity index (χ3v) is 2.66. The van der Waals surface area contributed by atoms with E-state index in [0.717, 1.165) is 37.9 Å². The molecule has 0 aliphatic carbocycles. The van der Waals surface area contributed by atoms with Crippen molar-refractivity contribution < 1.29 is 9.53 Å². The average Bonchev–Trinajstić information content (AvgIpc) is 2.72. The Morgan fingerprint density at radius 3 is 2.71 bits per heavy atom. The topological polar surface area (TPSA) is 26.3 Å². The highest BCUT2D eigenvalue weighted by Gasteiger charge is 2.15. The average molecular weight is 190 g/mol. The van der Waals surface area contributed by atoms with E-state index in [0.29, 0.717) is 5.92 Å². The van der Waals surface area contributed by atoms with Crippen molar-refractivity contribution in [2.24, 2.45) is 5.92 Å². The molecule has 1 aliphatic rings. The van der Waals surface area contributed by atoms with Gasteiger partial charge in [-0.1, -0.05) is 24.3 Å². The summed E-state index contributed by atoms with van der Waals surface area (Å²) in [6.45, 7) is 1.78. The van der Waals surface area contributed by atoms with Crippen LogP contribution >= 0.6 is 0 Å². The first-order valence-electron chi connectivity index (χ1n) is 5.00. The lowest BCUT2D eigenvalue weighted by Crippen LogP contribution is -2.03. The van der Waals surface area contributed by atoms with Crippen LogP contribution in [0.15, 0.2) is 24.3 Å². The Balaban J connectivity index is 1.98. The smallest absolute Gasteiger partial charge is 0.150 e. The zero-order chi connectivity index (χ0) is 9.80. The Morgan fingerprint density at radius 2 is 2.14 bits per heavy atom. The monoisotopic (exact) mass is 190 g/mol. The predicted octanol–water partition coefficient (Wildman–Crippen LogP) is 2.08. The molecule has 2 nitrogen and oxygen atoms in total. The van der Waals surface area contributed by atoms with Gasteiger partial charge in [-0.25, -0.2) is 0 Å². The highest BCUT2D eigenvalue weighted by molar-refractivity contribution is 5.74. The summed E-state index contributed by atoms with van der Waals surface area (Å²) in [7, 11) is 0. The molecule has 0 aromatic heterocycles. The maximum atomic E-state index is 10.4. The predicted molar refractivity (Wildman–Crippen MR) is 54.5 cm³/mol. The fourth-order valence-corrected chi connectivity index (χ4v) is 1.81. The summed E-state index contributed by atoms with van der Waals surface area (Å²) in [5.41, 5.74) is 2.04. The summed E-state index contributed by atoms with van der Waals surface area (Å²) in [6, 6.07) is 7.81. The van der Waals surface area contributed by atoms with Gasteiger partial charge >= 0.3 is 0 Å². The molecular formula is C12H14O2. The minimum Gasteiger partial charge on any atom is -0.381 e. The lowest BCUT2D eigenvalue weighted by atomic mass is 9.98. The first kappa shape index (κ1) is 9.41. The number of ether oxygens (including phenoxy) is 1. The van der Waals surface area contributed by atoms with Crippen molar-refractivity contribution in [2.75, 3.05) is 13.2 Å². The van der Waals surface area contributed by atoms with Gasteiger partial charge in [0, 0.05) is 18.8 Å². The summed E-state index contributed by atoms with van der Waals surface area (Å²) in [5.74, 6) is 0.664. The van der Waals surface area contributed by atoms with Crippen LogP contribution in [0.1, 0.15) is 22.3 Å². The SMILES string of the molecule is O=Cc1ccc(CC2CCOC2)cc1. The maximum absolute atomic E-state index is 10.4. The number of rotatable bonds is 3. The number of benzene rings is 1. The molecule has 0 bridgehead atoms. The molecule has 1 aromatic carbocycles. The number of hydrogen-bond acceptors (Lipinski definition) is 2. The first-order chi connectivity index (χ1) is 6.88. The molecule has 2 heteroatoms. The fourth-order valence-electron chi connectivity index (χ4n) is 1.81. The number of aldehydes is 1. The third-order valence-electron chi connectivity index (χ3n) is 2.66. The zero-order valence-corrected chi connectivity index (χ0v) is 8.11. The largest absolute Gasteiger partial charge is 0.381 e. The second kappa shape index (κ2) is 4.38. The van der Waals surface area contributed by atoms with E-state index < -0.39 is 0 Å². The van der Waals surface area contributed by atoms with Crippen molar-refractivity contribution in [3.63, 3.8) is 0 Å². The lowest BCUT2D eigenvalue weighted by molar-refractivity contribution is 0.112. The van der Waals surface area contributed by atoms with Crippen LogP contribution in [0, 0.1) is 5.92 Å². The molecule has 1 fully saturated rings. The summed E-state index contributed by atoms with van der Waals surface area (Å²) in [5, 5.41) is 0. The van der Waals surface area contributed by atoms with Crippen LogP contribution in [0.4, 0.5) is 0 Å². The molecule has 0 radical (unpaired) electrons. The van der Waals surface area contributed by atoms with Gasteiger partial charge in [0.15, 0.2) is 0 Å². The first-order valence-corrected chi connectivity index (χ1v) is 5.00. The quantitative estimate of drug-likeness (QED) is 0.682. The molecule has 0 N–H and O–H groups in total. The van der Waals surface area contributed by atoms with E-state index in [4.69, 9.17) is 4.74 Å². The number of carbonyl (C=O) groups is 1. The summed E-state index contributed by atoms with van der Waals surface area (Å²) >= 11 is 0. The molecule has 1 saturated heterocycles. The lowest BCUT2D eigenvalue weighted by Gasteiger charge is -2.06. The van der Waals surface area contributed by atoms with Gasteiger partial charge in [0.1, 0.15) is 6.29 Å². The Labute approximate surface area is 83.9 Å². The second-order valence-corrected chi connectivity index (χ2v) is 3.79. The third kappa shape index (κ3) is 2.20. The van der Waals surface area contributed by atoms with E-state index in [1.165, 1.54) is 5.56 Å². The highest BCUT2D eigenvalue weighted by Crippen LogP contribution is 2.18. The van der Waals surface area contributed by atoms with Crippen molar-refractivity contribution in [3.05, 3.63) is 35.4 Å². The van der Waals surface area contributed by atoms with E-state index in [1.54, 1.807) is 0 Å². The van der Waals surface area contributed by atoms with E-state index >= 15 is 0 Å². The standard InChI is InChI=1S/C12H14O2/c13-8-11-3-1-10(2-4-11)7-12-5-6-14-9-12/h1-4,8,12H,5-7,9H2. The zero-order valence-electron chi connectivity index (χ0n) is 8.11. The van der Waals surface area contributed by atoms with Gasteiger partial charge < -0.3 is 4.74 Å². The minimum absolute atomic E-state index is 0.664. The molecule has 1 unspecified atom stereocenters. The van der Waals surface area contributed by atoms with E-state index in [-0.39, 0.29) is 0 Å². The van der Waals surface area contributed by atoms with E-state index in [9.17, 15) is 4.79 Å². The maximum Gasteiger partial charge on any atom is 0.150 e. The van der Waals surface area contributed by atoms with Gasteiger partial charge in [0.25, 0.3) is 0 Å². The molecule has 1 aromatic rings. The van der Waals surface area contributed by atoms with Crippen molar-refractivity contribution in [1.29, 1.82) is 0 Å². The molecule has 1 aliphatic heterocycles.